The molecule has 4 nitrogen and oxygen atoms in total. The SMILES string of the molecule is CCC1=CN=[C]NC1c1ncc(CC)cn1. The quantitative estimate of drug-likeness (QED) is 0.837. The van der Waals surface area contributed by atoms with Crippen LogP contribution >= 0.6 is 0 Å². The predicted octanol–water partition coefficient (Wildman–Crippen LogP) is 1.88. The molecule has 0 saturated carbocycles. The number of hydrogen-bond donors (Lipinski definition) is 1. The Morgan fingerprint density at radius 2 is 2.00 bits per heavy atom. The van der Waals surface area contributed by atoms with Crippen LogP contribution in [0, 0.1) is 0 Å². The van der Waals surface area contributed by atoms with Crippen molar-refractivity contribution in [3.8, 4) is 0 Å². The second kappa shape index (κ2) is 4.88. The Bertz CT molecular complexity index is 406. The van der Waals surface area contributed by atoms with Gasteiger partial charge in [-0.15, -0.1) is 0 Å². The van der Waals surface area contributed by atoms with Gasteiger partial charge in [0, 0.05) is 18.6 Å². The Labute approximate surface area is 95.5 Å². The maximum Gasteiger partial charge on any atom is 0.169 e. The maximum absolute atomic E-state index is 4.38. The molecule has 1 aliphatic heterocycles. The smallest absolute Gasteiger partial charge is 0.169 e. The third-order valence-electron chi connectivity index (χ3n) is 2.67. The lowest BCUT2D eigenvalue weighted by Crippen LogP contribution is -2.25. The third kappa shape index (κ3) is 2.10. The van der Waals surface area contributed by atoms with Crippen LogP contribution in [0.5, 0.6) is 0 Å². The highest BCUT2D eigenvalue weighted by Crippen LogP contribution is 2.22. The van der Waals surface area contributed by atoms with Crippen molar-refractivity contribution in [2.45, 2.75) is 32.7 Å². The molecule has 4 heteroatoms. The Kier molecular flexibility index (Phi) is 3.29. The highest BCUT2D eigenvalue weighted by molar-refractivity contribution is 5.59. The minimum atomic E-state index is 0.0217. The van der Waals surface area contributed by atoms with E-state index in [9.17, 15) is 0 Å². The van der Waals surface area contributed by atoms with Crippen LogP contribution in [0.1, 0.15) is 37.7 Å². The monoisotopic (exact) mass is 215 g/mol. The van der Waals surface area contributed by atoms with E-state index < -0.39 is 0 Å². The molecule has 1 radical (unpaired) electrons. The zero-order valence-electron chi connectivity index (χ0n) is 9.57. The standard InChI is InChI=1S/C12H15N4/c1-3-9-5-14-12(15-6-9)11-10(4-2)7-13-8-16-11/h5-7,11H,3-4H2,1-2H3,(H,13,16). The molecule has 0 aromatic carbocycles. The number of hydrogen-bond acceptors (Lipinski definition) is 4. The highest BCUT2D eigenvalue weighted by Gasteiger charge is 2.19. The van der Waals surface area contributed by atoms with E-state index in [1.807, 2.05) is 18.6 Å². The van der Waals surface area contributed by atoms with E-state index in [0.717, 1.165) is 24.2 Å². The van der Waals surface area contributed by atoms with Crippen LogP contribution in [-0.4, -0.2) is 16.3 Å². The zero-order valence-corrected chi connectivity index (χ0v) is 9.57. The molecule has 0 bridgehead atoms. The van der Waals surface area contributed by atoms with Crippen LogP contribution in [0.4, 0.5) is 0 Å². The van der Waals surface area contributed by atoms with Gasteiger partial charge in [-0.25, -0.2) is 15.0 Å². The minimum absolute atomic E-state index is 0.0217. The summed E-state index contributed by atoms with van der Waals surface area (Å²) in [5.41, 5.74) is 2.34. The lowest BCUT2D eigenvalue weighted by Gasteiger charge is -2.19. The van der Waals surface area contributed by atoms with Gasteiger partial charge in [0.2, 0.25) is 0 Å². The summed E-state index contributed by atoms with van der Waals surface area (Å²) in [6, 6.07) is 0.0217. The summed E-state index contributed by atoms with van der Waals surface area (Å²) in [6.07, 6.45) is 10.2. The molecule has 0 spiro atoms. The topological polar surface area (TPSA) is 50.2 Å². The zero-order chi connectivity index (χ0) is 11.4. The van der Waals surface area contributed by atoms with Crippen LogP contribution in [0.25, 0.3) is 0 Å². The number of aliphatic imine (C=N–C) groups is 1. The van der Waals surface area contributed by atoms with Gasteiger partial charge in [0.15, 0.2) is 12.2 Å². The summed E-state index contributed by atoms with van der Waals surface area (Å²) in [4.78, 5) is 12.7. The fraction of sp³-hybridized carbons (Fsp3) is 0.417. The number of rotatable bonds is 3. The van der Waals surface area contributed by atoms with Gasteiger partial charge in [0.25, 0.3) is 0 Å². The van der Waals surface area contributed by atoms with E-state index in [2.05, 4.69) is 40.5 Å². The first-order valence-corrected chi connectivity index (χ1v) is 5.55. The second-order valence-electron chi connectivity index (χ2n) is 3.68. The molecular weight excluding hydrogens is 200 g/mol. The normalized spacial score (nSPS) is 19.1. The number of aromatic nitrogens is 2. The lowest BCUT2D eigenvalue weighted by molar-refractivity contribution is 0.660. The van der Waals surface area contributed by atoms with Crippen molar-refractivity contribution in [1.29, 1.82) is 0 Å². The van der Waals surface area contributed by atoms with Crippen molar-refractivity contribution in [3.05, 3.63) is 35.6 Å². The summed E-state index contributed by atoms with van der Waals surface area (Å²) in [6.45, 7) is 4.19. The Hall–Kier alpha value is -1.71. The van der Waals surface area contributed by atoms with Gasteiger partial charge >= 0.3 is 0 Å². The van der Waals surface area contributed by atoms with E-state index >= 15 is 0 Å². The first kappa shape index (κ1) is 10.8. The summed E-state index contributed by atoms with van der Waals surface area (Å²) >= 11 is 0. The second-order valence-corrected chi connectivity index (χ2v) is 3.68. The van der Waals surface area contributed by atoms with E-state index in [0.29, 0.717) is 0 Å². The molecule has 16 heavy (non-hydrogen) atoms. The first-order valence-electron chi connectivity index (χ1n) is 5.55. The molecule has 1 aromatic rings. The van der Waals surface area contributed by atoms with Crippen molar-refractivity contribution < 1.29 is 0 Å². The molecular formula is C12H15N4. The minimum Gasteiger partial charge on any atom is -0.353 e. The van der Waals surface area contributed by atoms with Gasteiger partial charge in [-0.3, -0.25) is 0 Å². The van der Waals surface area contributed by atoms with Gasteiger partial charge < -0.3 is 5.32 Å². The van der Waals surface area contributed by atoms with Gasteiger partial charge in [0.05, 0.1) is 0 Å². The largest absolute Gasteiger partial charge is 0.353 e. The molecule has 1 aliphatic rings. The fourth-order valence-corrected chi connectivity index (χ4v) is 1.61. The van der Waals surface area contributed by atoms with Crippen LogP contribution in [-0.2, 0) is 6.42 Å². The third-order valence-corrected chi connectivity index (χ3v) is 2.67. The van der Waals surface area contributed by atoms with Crippen LogP contribution in [0.15, 0.2) is 29.2 Å². The lowest BCUT2D eigenvalue weighted by atomic mass is 10.0. The Morgan fingerprint density at radius 3 is 2.62 bits per heavy atom. The average Bonchev–Trinajstić information content (AvgIpc) is 2.39. The average molecular weight is 215 g/mol. The van der Waals surface area contributed by atoms with Crippen molar-refractivity contribution in [1.82, 2.24) is 15.3 Å². The number of aryl methyl sites for hydroxylation is 1. The molecule has 1 aromatic heterocycles. The Balaban J connectivity index is 2.23. The van der Waals surface area contributed by atoms with E-state index in [1.54, 1.807) is 0 Å². The highest BCUT2D eigenvalue weighted by atomic mass is 15.0. The predicted molar refractivity (Wildman–Crippen MR) is 63.1 cm³/mol. The molecule has 2 heterocycles. The van der Waals surface area contributed by atoms with Crippen molar-refractivity contribution in [2.75, 3.05) is 0 Å². The van der Waals surface area contributed by atoms with Crippen LogP contribution < -0.4 is 5.32 Å². The van der Waals surface area contributed by atoms with Gasteiger partial charge in [-0.05, 0) is 24.0 Å². The van der Waals surface area contributed by atoms with E-state index in [4.69, 9.17) is 0 Å². The van der Waals surface area contributed by atoms with Gasteiger partial charge in [-0.2, -0.15) is 0 Å². The van der Waals surface area contributed by atoms with Crippen molar-refractivity contribution in [2.24, 2.45) is 4.99 Å². The van der Waals surface area contributed by atoms with E-state index in [-0.39, 0.29) is 6.04 Å². The van der Waals surface area contributed by atoms with Crippen molar-refractivity contribution in [3.63, 3.8) is 0 Å². The Morgan fingerprint density at radius 1 is 1.25 bits per heavy atom. The van der Waals surface area contributed by atoms with Crippen LogP contribution in [0.2, 0.25) is 0 Å². The molecule has 1 N–H and O–H groups in total. The molecule has 0 amide bonds. The summed E-state index contributed by atoms with van der Waals surface area (Å²) < 4.78 is 0. The number of nitrogens with zero attached hydrogens (tertiary/aromatic N) is 3. The summed E-state index contributed by atoms with van der Waals surface area (Å²) in [7, 11) is 0. The maximum atomic E-state index is 4.38. The van der Waals surface area contributed by atoms with E-state index in [1.165, 1.54) is 5.57 Å². The molecule has 1 unspecified atom stereocenters. The van der Waals surface area contributed by atoms with Crippen molar-refractivity contribution >= 4 is 6.34 Å². The van der Waals surface area contributed by atoms with Gasteiger partial charge in [-0.1, -0.05) is 13.8 Å². The molecule has 2 rings (SSSR count). The summed E-state index contributed by atoms with van der Waals surface area (Å²) in [5, 5.41) is 3.06. The van der Waals surface area contributed by atoms with Crippen LogP contribution in [0.3, 0.4) is 0 Å². The molecule has 0 aliphatic carbocycles. The van der Waals surface area contributed by atoms with Gasteiger partial charge in [0.1, 0.15) is 6.04 Å². The first-order chi connectivity index (χ1) is 7.85. The molecule has 83 valence electrons. The summed E-state index contributed by atoms with van der Waals surface area (Å²) in [5.74, 6) is 0.785. The molecule has 1 atom stereocenters. The number of nitrogens with one attached hydrogen (secondary N) is 1. The molecule has 0 fully saturated rings. The molecule has 0 saturated heterocycles. The fourth-order valence-electron chi connectivity index (χ4n) is 1.61.